The van der Waals surface area contributed by atoms with Crippen molar-refractivity contribution in [3.05, 3.63) is 23.9 Å². The van der Waals surface area contributed by atoms with E-state index in [-0.39, 0.29) is 6.54 Å². The first-order chi connectivity index (χ1) is 9.05. The number of hydrogen-bond donors (Lipinski definition) is 2. The van der Waals surface area contributed by atoms with Gasteiger partial charge in [0.25, 0.3) is 5.91 Å². The molecule has 1 aromatic heterocycles. The molecule has 0 aromatic carbocycles. The second kappa shape index (κ2) is 5.54. The first-order valence-corrected chi connectivity index (χ1v) is 6.28. The van der Waals surface area contributed by atoms with E-state index in [0.29, 0.717) is 18.8 Å². The van der Waals surface area contributed by atoms with E-state index in [1.807, 2.05) is 17.0 Å². The number of nitrogens with two attached hydrogens (primary N) is 1. The number of methoxy groups -OCH3 is 1. The van der Waals surface area contributed by atoms with Gasteiger partial charge in [0.15, 0.2) is 5.60 Å². The number of carbonyl (C=O) groups excluding carboxylic acids is 1. The molecule has 6 nitrogen and oxygen atoms in total. The Morgan fingerprint density at radius 1 is 1.68 bits per heavy atom. The van der Waals surface area contributed by atoms with E-state index in [2.05, 4.69) is 4.98 Å². The average molecular weight is 265 g/mol. The molecule has 0 unspecified atom stereocenters. The SMILES string of the molecule is COc1ncccc1CN1CCC[C@](O)(C(N)=O)C1. The van der Waals surface area contributed by atoms with Gasteiger partial charge in [-0.1, -0.05) is 6.07 Å². The molecule has 0 aliphatic carbocycles. The quantitative estimate of drug-likeness (QED) is 0.793. The second-order valence-corrected chi connectivity index (χ2v) is 4.88. The molecule has 104 valence electrons. The summed E-state index contributed by atoms with van der Waals surface area (Å²) in [5.74, 6) is -0.0916. The van der Waals surface area contributed by atoms with Gasteiger partial charge in [-0.2, -0.15) is 0 Å². The minimum absolute atomic E-state index is 0.250. The van der Waals surface area contributed by atoms with Crippen molar-refractivity contribution in [3.8, 4) is 5.88 Å². The number of piperidine rings is 1. The molecule has 2 rings (SSSR count). The predicted octanol–water partition coefficient (Wildman–Crippen LogP) is -0.0976. The van der Waals surface area contributed by atoms with Crippen LogP contribution in [0.3, 0.4) is 0 Å². The minimum atomic E-state index is -1.42. The van der Waals surface area contributed by atoms with Gasteiger partial charge in [-0.25, -0.2) is 4.98 Å². The Morgan fingerprint density at radius 3 is 3.16 bits per heavy atom. The first kappa shape index (κ1) is 13.8. The predicted molar refractivity (Wildman–Crippen MR) is 69.4 cm³/mol. The van der Waals surface area contributed by atoms with Crippen LogP contribution in [0.4, 0.5) is 0 Å². The van der Waals surface area contributed by atoms with Gasteiger partial charge >= 0.3 is 0 Å². The number of amides is 1. The average Bonchev–Trinajstić information content (AvgIpc) is 2.39. The van der Waals surface area contributed by atoms with Crippen LogP contribution in [0.2, 0.25) is 0 Å². The van der Waals surface area contributed by atoms with Crippen LogP contribution in [0, 0.1) is 0 Å². The Bertz CT molecular complexity index is 466. The lowest BCUT2D eigenvalue weighted by molar-refractivity contribution is -0.142. The Balaban J connectivity index is 2.09. The lowest BCUT2D eigenvalue weighted by Crippen LogP contribution is -2.55. The summed E-state index contributed by atoms with van der Waals surface area (Å²) in [6.07, 6.45) is 2.82. The summed E-state index contributed by atoms with van der Waals surface area (Å²) in [7, 11) is 1.57. The van der Waals surface area contributed by atoms with E-state index in [0.717, 1.165) is 18.5 Å². The Kier molecular flexibility index (Phi) is 4.01. The van der Waals surface area contributed by atoms with Gasteiger partial charge in [-0.15, -0.1) is 0 Å². The zero-order chi connectivity index (χ0) is 13.9. The highest BCUT2D eigenvalue weighted by Gasteiger charge is 2.38. The first-order valence-electron chi connectivity index (χ1n) is 6.28. The molecule has 1 fully saturated rings. The molecular weight excluding hydrogens is 246 g/mol. The summed E-state index contributed by atoms with van der Waals surface area (Å²) >= 11 is 0. The van der Waals surface area contributed by atoms with E-state index in [1.165, 1.54) is 0 Å². The zero-order valence-electron chi connectivity index (χ0n) is 11.0. The van der Waals surface area contributed by atoms with Gasteiger partial charge in [0.05, 0.1) is 7.11 Å². The lowest BCUT2D eigenvalue weighted by atomic mass is 9.92. The number of nitrogens with zero attached hydrogens (tertiary/aromatic N) is 2. The van der Waals surface area contributed by atoms with Gasteiger partial charge in [0.1, 0.15) is 0 Å². The summed E-state index contributed by atoms with van der Waals surface area (Å²) < 4.78 is 5.19. The highest BCUT2D eigenvalue weighted by atomic mass is 16.5. The number of carbonyl (C=O) groups is 1. The third-order valence-corrected chi connectivity index (χ3v) is 3.45. The lowest BCUT2D eigenvalue weighted by Gasteiger charge is -2.37. The molecule has 0 spiro atoms. The van der Waals surface area contributed by atoms with Crippen molar-refractivity contribution < 1.29 is 14.6 Å². The number of rotatable bonds is 4. The number of hydrogen-bond acceptors (Lipinski definition) is 5. The Hall–Kier alpha value is -1.66. The van der Waals surface area contributed by atoms with Crippen molar-refractivity contribution in [2.45, 2.75) is 25.0 Å². The second-order valence-electron chi connectivity index (χ2n) is 4.88. The number of aliphatic hydroxyl groups is 1. The van der Waals surface area contributed by atoms with Gasteiger partial charge in [0.2, 0.25) is 5.88 Å². The summed E-state index contributed by atoms with van der Waals surface area (Å²) in [5.41, 5.74) is 4.77. The van der Waals surface area contributed by atoms with Crippen LogP contribution >= 0.6 is 0 Å². The Labute approximate surface area is 112 Å². The molecule has 0 saturated carbocycles. The molecule has 3 N–H and O–H groups in total. The number of primary amides is 1. The maximum absolute atomic E-state index is 11.3. The number of pyridine rings is 1. The molecule has 6 heteroatoms. The topological polar surface area (TPSA) is 88.7 Å². The van der Waals surface area contributed by atoms with Crippen LogP contribution in [0.15, 0.2) is 18.3 Å². The summed E-state index contributed by atoms with van der Waals surface area (Å²) in [6.45, 7) is 1.64. The highest BCUT2D eigenvalue weighted by molar-refractivity contribution is 5.83. The fraction of sp³-hybridized carbons (Fsp3) is 0.538. The molecule has 1 saturated heterocycles. The fourth-order valence-corrected chi connectivity index (χ4v) is 2.43. The normalized spacial score (nSPS) is 24.1. The highest BCUT2D eigenvalue weighted by Crippen LogP contribution is 2.24. The molecule has 1 amide bonds. The van der Waals surface area contributed by atoms with Crippen LogP contribution in [-0.4, -0.2) is 46.7 Å². The van der Waals surface area contributed by atoms with Crippen LogP contribution in [0.1, 0.15) is 18.4 Å². The summed E-state index contributed by atoms with van der Waals surface area (Å²) in [4.78, 5) is 17.4. The maximum atomic E-state index is 11.3. The van der Waals surface area contributed by atoms with Gasteiger partial charge in [0, 0.05) is 24.8 Å². The standard InChI is InChI=1S/C13H19N3O3/c1-19-11-10(4-2-6-15-11)8-16-7-3-5-13(18,9-16)12(14)17/h2,4,6,18H,3,5,7-9H2,1H3,(H2,14,17)/t13-/m1/s1. The molecule has 1 aliphatic heterocycles. The van der Waals surface area contributed by atoms with E-state index in [4.69, 9.17) is 10.5 Å². The number of likely N-dealkylation sites (tertiary alicyclic amines) is 1. The van der Waals surface area contributed by atoms with Crippen LogP contribution < -0.4 is 10.5 Å². The molecule has 2 heterocycles. The molecule has 19 heavy (non-hydrogen) atoms. The van der Waals surface area contributed by atoms with Crippen molar-refractivity contribution in [2.24, 2.45) is 5.73 Å². The van der Waals surface area contributed by atoms with Gasteiger partial charge < -0.3 is 15.6 Å². The van der Waals surface area contributed by atoms with E-state index < -0.39 is 11.5 Å². The fourth-order valence-electron chi connectivity index (χ4n) is 2.43. The summed E-state index contributed by atoms with van der Waals surface area (Å²) in [6, 6.07) is 3.76. The number of aromatic nitrogens is 1. The van der Waals surface area contributed by atoms with Gasteiger partial charge in [-0.05, 0) is 25.5 Å². The van der Waals surface area contributed by atoms with Crippen molar-refractivity contribution in [1.82, 2.24) is 9.88 Å². The summed E-state index contributed by atoms with van der Waals surface area (Å²) in [5, 5.41) is 10.2. The maximum Gasteiger partial charge on any atom is 0.250 e. The van der Waals surface area contributed by atoms with Crippen LogP contribution in [-0.2, 0) is 11.3 Å². The number of β-amino-alcohol motifs (C(OH)–C–C–N with tert-alkyl or cyclic N) is 1. The van der Waals surface area contributed by atoms with Crippen LogP contribution in [0.5, 0.6) is 5.88 Å². The largest absolute Gasteiger partial charge is 0.481 e. The molecule has 1 aromatic rings. The van der Waals surface area contributed by atoms with E-state index in [9.17, 15) is 9.90 Å². The number of ether oxygens (including phenoxy) is 1. The smallest absolute Gasteiger partial charge is 0.250 e. The molecule has 1 aliphatic rings. The van der Waals surface area contributed by atoms with E-state index in [1.54, 1.807) is 13.3 Å². The zero-order valence-corrected chi connectivity index (χ0v) is 11.0. The third kappa shape index (κ3) is 3.02. The molecule has 0 radical (unpaired) electrons. The third-order valence-electron chi connectivity index (χ3n) is 3.45. The molecular formula is C13H19N3O3. The van der Waals surface area contributed by atoms with Crippen molar-refractivity contribution in [3.63, 3.8) is 0 Å². The van der Waals surface area contributed by atoms with E-state index >= 15 is 0 Å². The van der Waals surface area contributed by atoms with Crippen molar-refractivity contribution in [2.75, 3.05) is 20.2 Å². The van der Waals surface area contributed by atoms with Gasteiger partial charge in [-0.3, -0.25) is 9.69 Å². The monoisotopic (exact) mass is 265 g/mol. The van der Waals surface area contributed by atoms with Crippen molar-refractivity contribution >= 4 is 5.91 Å². The minimum Gasteiger partial charge on any atom is -0.481 e. The van der Waals surface area contributed by atoms with Crippen LogP contribution in [0.25, 0.3) is 0 Å². The molecule has 0 bridgehead atoms. The molecule has 1 atom stereocenters. The Morgan fingerprint density at radius 2 is 2.47 bits per heavy atom. The van der Waals surface area contributed by atoms with Crippen molar-refractivity contribution in [1.29, 1.82) is 0 Å².